The van der Waals surface area contributed by atoms with Gasteiger partial charge >= 0.3 is 0 Å². The van der Waals surface area contributed by atoms with Crippen LogP contribution >= 0.6 is 11.3 Å². The van der Waals surface area contributed by atoms with Gasteiger partial charge in [0, 0.05) is 24.3 Å². The van der Waals surface area contributed by atoms with Crippen LogP contribution in [0, 0.1) is 0 Å². The van der Waals surface area contributed by atoms with Gasteiger partial charge in [0.1, 0.15) is 0 Å². The van der Waals surface area contributed by atoms with Crippen molar-refractivity contribution in [3.05, 3.63) is 46.9 Å². The van der Waals surface area contributed by atoms with Crippen LogP contribution in [0.3, 0.4) is 0 Å². The third-order valence-corrected chi connectivity index (χ3v) is 6.30. The molecule has 1 unspecified atom stereocenters. The van der Waals surface area contributed by atoms with Gasteiger partial charge in [0.2, 0.25) is 0 Å². The van der Waals surface area contributed by atoms with Crippen molar-refractivity contribution in [2.24, 2.45) is 0 Å². The van der Waals surface area contributed by atoms with Crippen molar-refractivity contribution in [2.75, 3.05) is 26.7 Å². The van der Waals surface area contributed by atoms with Gasteiger partial charge in [-0.15, -0.1) is 11.3 Å². The number of carbonyl (C=O) groups excluding carboxylic acids is 1. The van der Waals surface area contributed by atoms with Crippen LogP contribution in [0.4, 0.5) is 0 Å². The van der Waals surface area contributed by atoms with Gasteiger partial charge in [-0.25, -0.2) is 0 Å². The van der Waals surface area contributed by atoms with E-state index in [0.29, 0.717) is 6.04 Å². The monoisotopic (exact) mass is 340 g/mol. The van der Waals surface area contributed by atoms with Crippen molar-refractivity contribution >= 4 is 27.3 Å². The van der Waals surface area contributed by atoms with Crippen LogP contribution in [-0.2, 0) is 0 Å². The van der Waals surface area contributed by atoms with Crippen LogP contribution in [-0.4, -0.2) is 48.4 Å². The maximum absolute atomic E-state index is 13.2. The summed E-state index contributed by atoms with van der Waals surface area (Å²) in [6.45, 7) is 3.01. The molecule has 2 aliphatic heterocycles. The lowest BCUT2D eigenvalue weighted by molar-refractivity contribution is 0.0648. The highest BCUT2D eigenvalue weighted by molar-refractivity contribution is 7.20. The van der Waals surface area contributed by atoms with E-state index in [1.54, 1.807) is 11.3 Å². The van der Waals surface area contributed by atoms with Crippen LogP contribution in [0.25, 0.3) is 10.1 Å². The first-order valence-corrected chi connectivity index (χ1v) is 9.71. The summed E-state index contributed by atoms with van der Waals surface area (Å²) >= 11 is 1.63. The number of likely N-dealkylation sites (N-methyl/N-ethyl adjacent to an activating group) is 1. The van der Waals surface area contributed by atoms with Gasteiger partial charge in [-0.05, 0) is 55.8 Å². The lowest BCUT2D eigenvalue weighted by atomic mass is 9.92. The van der Waals surface area contributed by atoms with Crippen molar-refractivity contribution in [3.8, 4) is 0 Å². The number of carbonyl (C=O) groups is 1. The molecule has 4 rings (SSSR count). The van der Waals surface area contributed by atoms with E-state index in [-0.39, 0.29) is 5.91 Å². The number of fused-ring (bicyclic) bond motifs is 1. The Bertz CT molecular complexity index is 746. The minimum atomic E-state index is 0.218. The highest BCUT2D eigenvalue weighted by Crippen LogP contribution is 2.31. The second kappa shape index (κ2) is 6.69. The van der Waals surface area contributed by atoms with Gasteiger partial charge in [-0.1, -0.05) is 24.3 Å². The van der Waals surface area contributed by atoms with Crippen molar-refractivity contribution in [2.45, 2.75) is 31.7 Å². The first kappa shape index (κ1) is 15.9. The third kappa shape index (κ3) is 3.01. The minimum absolute atomic E-state index is 0.218. The number of amides is 1. The maximum Gasteiger partial charge on any atom is 0.264 e. The van der Waals surface area contributed by atoms with Crippen molar-refractivity contribution in [3.63, 3.8) is 0 Å². The fourth-order valence-electron chi connectivity index (χ4n) is 3.96. The molecule has 1 saturated heterocycles. The van der Waals surface area contributed by atoms with E-state index < -0.39 is 0 Å². The standard InChI is InChI=1S/C20H24N2OS/c1-21-11-6-8-16(14-21)17-9-4-5-12-22(17)20(23)19-13-15-7-2-3-10-18(15)24-19/h2-3,7-8,10,13,17H,4-6,9,11-12,14H2,1H3. The smallest absolute Gasteiger partial charge is 0.264 e. The SMILES string of the molecule is CN1CCC=C(C2CCCCN2C(=O)c2cc3ccccc3s2)C1. The highest BCUT2D eigenvalue weighted by atomic mass is 32.1. The van der Waals surface area contributed by atoms with Gasteiger partial charge in [0.25, 0.3) is 5.91 Å². The first-order chi connectivity index (χ1) is 11.7. The molecule has 1 aromatic carbocycles. The number of hydrogen-bond donors (Lipinski definition) is 0. The average Bonchev–Trinajstić information content (AvgIpc) is 3.05. The summed E-state index contributed by atoms with van der Waals surface area (Å²) in [5, 5.41) is 1.18. The van der Waals surface area contributed by atoms with Crippen LogP contribution in [0.2, 0.25) is 0 Å². The number of nitrogens with zero attached hydrogens (tertiary/aromatic N) is 2. The Morgan fingerprint density at radius 1 is 1.21 bits per heavy atom. The molecule has 0 aliphatic carbocycles. The average molecular weight is 340 g/mol. The van der Waals surface area contributed by atoms with Gasteiger partial charge in [-0.2, -0.15) is 0 Å². The van der Waals surface area contributed by atoms with Gasteiger partial charge in [0.15, 0.2) is 0 Å². The lowest BCUT2D eigenvalue weighted by Crippen LogP contribution is -2.47. The molecule has 3 heterocycles. The molecule has 24 heavy (non-hydrogen) atoms. The molecular weight excluding hydrogens is 316 g/mol. The molecule has 2 aromatic rings. The summed E-state index contributed by atoms with van der Waals surface area (Å²) in [5.41, 5.74) is 1.44. The number of likely N-dealkylation sites (tertiary alicyclic amines) is 1. The molecule has 2 aliphatic rings. The van der Waals surface area contributed by atoms with E-state index in [0.717, 1.165) is 43.8 Å². The van der Waals surface area contributed by atoms with E-state index in [9.17, 15) is 4.79 Å². The lowest BCUT2D eigenvalue weighted by Gasteiger charge is -2.39. The number of benzene rings is 1. The normalized spacial score (nSPS) is 22.6. The predicted octanol–water partition coefficient (Wildman–Crippen LogP) is 4.16. The van der Waals surface area contributed by atoms with Gasteiger partial charge < -0.3 is 9.80 Å². The summed E-state index contributed by atoms with van der Waals surface area (Å²) < 4.78 is 1.20. The number of hydrogen-bond acceptors (Lipinski definition) is 3. The zero-order valence-electron chi connectivity index (χ0n) is 14.2. The van der Waals surface area contributed by atoms with Crippen molar-refractivity contribution in [1.29, 1.82) is 0 Å². The summed E-state index contributed by atoms with van der Waals surface area (Å²) in [4.78, 5) is 18.6. The second-order valence-electron chi connectivity index (χ2n) is 6.96. The number of piperidine rings is 1. The highest BCUT2D eigenvalue weighted by Gasteiger charge is 2.31. The fraction of sp³-hybridized carbons (Fsp3) is 0.450. The predicted molar refractivity (Wildman–Crippen MR) is 101 cm³/mol. The van der Waals surface area contributed by atoms with E-state index in [1.807, 2.05) is 12.1 Å². The molecule has 0 radical (unpaired) electrons. The summed E-state index contributed by atoms with van der Waals surface area (Å²) in [6.07, 6.45) is 6.93. The molecule has 1 atom stereocenters. The van der Waals surface area contributed by atoms with Gasteiger partial charge in [-0.3, -0.25) is 4.79 Å². The largest absolute Gasteiger partial charge is 0.331 e. The quantitative estimate of drug-likeness (QED) is 0.767. The number of rotatable bonds is 2. The molecule has 1 fully saturated rings. The molecule has 0 spiro atoms. The zero-order chi connectivity index (χ0) is 16.5. The third-order valence-electron chi connectivity index (χ3n) is 5.20. The zero-order valence-corrected chi connectivity index (χ0v) is 15.0. The molecule has 0 saturated carbocycles. The Labute approximate surface area is 147 Å². The first-order valence-electron chi connectivity index (χ1n) is 8.89. The van der Waals surface area contributed by atoms with E-state index >= 15 is 0 Å². The van der Waals surface area contributed by atoms with Crippen molar-refractivity contribution in [1.82, 2.24) is 9.80 Å². The Morgan fingerprint density at radius 2 is 2.08 bits per heavy atom. The van der Waals surface area contributed by atoms with Gasteiger partial charge in [0.05, 0.1) is 10.9 Å². The minimum Gasteiger partial charge on any atom is -0.331 e. The Morgan fingerprint density at radius 3 is 2.92 bits per heavy atom. The molecule has 1 aromatic heterocycles. The summed E-state index contributed by atoms with van der Waals surface area (Å²) in [5.74, 6) is 0.218. The molecule has 4 heteroatoms. The molecular formula is C20H24N2OS. The molecule has 0 N–H and O–H groups in total. The maximum atomic E-state index is 13.2. The topological polar surface area (TPSA) is 23.6 Å². The van der Waals surface area contributed by atoms with Crippen molar-refractivity contribution < 1.29 is 4.79 Å². The van der Waals surface area contributed by atoms with Crippen LogP contribution < -0.4 is 0 Å². The summed E-state index contributed by atoms with van der Waals surface area (Å²) in [7, 11) is 2.17. The molecule has 1 amide bonds. The van der Waals surface area contributed by atoms with Crippen LogP contribution in [0.5, 0.6) is 0 Å². The second-order valence-corrected chi connectivity index (χ2v) is 8.05. The summed E-state index contributed by atoms with van der Waals surface area (Å²) in [6, 6.07) is 10.6. The molecule has 126 valence electrons. The number of thiophene rings is 1. The van der Waals surface area contributed by atoms with E-state index in [2.05, 4.69) is 41.1 Å². The fourth-order valence-corrected chi connectivity index (χ4v) is 4.97. The van der Waals surface area contributed by atoms with E-state index in [1.165, 1.54) is 22.1 Å². The van der Waals surface area contributed by atoms with Crippen LogP contribution in [0.1, 0.15) is 35.4 Å². The van der Waals surface area contributed by atoms with E-state index in [4.69, 9.17) is 0 Å². The Hall–Kier alpha value is -1.65. The molecule has 0 bridgehead atoms. The Kier molecular flexibility index (Phi) is 4.42. The molecule has 3 nitrogen and oxygen atoms in total. The Balaban J connectivity index is 1.62. The van der Waals surface area contributed by atoms with Crippen LogP contribution in [0.15, 0.2) is 42.0 Å².